The van der Waals surface area contributed by atoms with Gasteiger partial charge in [0.1, 0.15) is 0 Å². The van der Waals surface area contributed by atoms with E-state index in [0.717, 1.165) is 22.3 Å². The Labute approximate surface area is 118 Å². The zero-order chi connectivity index (χ0) is 14.0. The monoisotopic (exact) mass is 291 g/mol. The minimum atomic E-state index is -1.89. The summed E-state index contributed by atoms with van der Waals surface area (Å²) in [5.41, 5.74) is 4.33. The SMILES string of the molecule is Cc1cc(C)c(C(=O)[P+](=O)Cc2ccsc2)c(C)c1. The Bertz CT molecular complexity index is 607. The smallest absolute Gasteiger partial charge is 0.234 e. The lowest BCUT2D eigenvalue weighted by Gasteiger charge is -2.05. The maximum Gasteiger partial charge on any atom is 0.424 e. The van der Waals surface area contributed by atoms with Crippen molar-refractivity contribution in [2.24, 2.45) is 0 Å². The van der Waals surface area contributed by atoms with Crippen LogP contribution in [0.2, 0.25) is 0 Å². The van der Waals surface area contributed by atoms with E-state index in [1.54, 1.807) is 11.3 Å². The average molecular weight is 291 g/mol. The van der Waals surface area contributed by atoms with Gasteiger partial charge in [0.15, 0.2) is 6.16 Å². The number of hydrogen-bond acceptors (Lipinski definition) is 3. The molecule has 0 radical (unpaired) electrons. The first-order chi connectivity index (χ1) is 8.99. The Kier molecular flexibility index (Phi) is 4.28. The molecule has 0 N–H and O–H groups in total. The molecule has 19 heavy (non-hydrogen) atoms. The molecule has 0 aliphatic rings. The van der Waals surface area contributed by atoms with Crippen LogP contribution in [0.15, 0.2) is 29.0 Å². The average Bonchev–Trinajstić information content (AvgIpc) is 2.80. The topological polar surface area (TPSA) is 34.1 Å². The maximum atomic E-state index is 12.3. The van der Waals surface area contributed by atoms with E-state index in [1.807, 2.05) is 49.7 Å². The molecule has 0 bridgehead atoms. The van der Waals surface area contributed by atoms with Gasteiger partial charge in [-0.05, 0) is 48.7 Å². The van der Waals surface area contributed by atoms with Crippen molar-refractivity contribution in [3.05, 3.63) is 56.8 Å². The lowest BCUT2D eigenvalue weighted by Crippen LogP contribution is -2.02. The van der Waals surface area contributed by atoms with Crippen LogP contribution in [-0.2, 0) is 10.7 Å². The summed E-state index contributed by atoms with van der Waals surface area (Å²) in [6.45, 7) is 5.81. The molecule has 0 saturated carbocycles. The minimum Gasteiger partial charge on any atom is -0.234 e. The number of aryl methyl sites for hydroxylation is 3. The van der Waals surface area contributed by atoms with Crippen molar-refractivity contribution in [1.29, 1.82) is 0 Å². The zero-order valence-electron chi connectivity index (χ0n) is 11.3. The van der Waals surface area contributed by atoms with Crippen LogP contribution in [0.1, 0.15) is 32.6 Å². The molecule has 0 amide bonds. The Morgan fingerprint density at radius 3 is 2.37 bits per heavy atom. The Hall–Kier alpha value is -1.31. The zero-order valence-corrected chi connectivity index (χ0v) is 13.0. The van der Waals surface area contributed by atoms with Crippen molar-refractivity contribution in [3.8, 4) is 0 Å². The molecule has 4 heteroatoms. The summed E-state index contributed by atoms with van der Waals surface area (Å²) < 4.78 is 12.2. The summed E-state index contributed by atoms with van der Waals surface area (Å²) in [4.78, 5) is 12.3. The number of thiophene rings is 1. The molecule has 98 valence electrons. The predicted molar refractivity (Wildman–Crippen MR) is 80.6 cm³/mol. The molecular formula is C15H16O2PS+. The van der Waals surface area contributed by atoms with Gasteiger partial charge in [0, 0.05) is 5.56 Å². The van der Waals surface area contributed by atoms with Gasteiger partial charge in [-0.15, -0.1) is 0 Å². The van der Waals surface area contributed by atoms with Crippen molar-refractivity contribution >= 4 is 24.7 Å². The fourth-order valence-electron chi connectivity index (χ4n) is 2.26. The first-order valence-electron chi connectivity index (χ1n) is 6.07. The fourth-order valence-corrected chi connectivity index (χ4v) is 4.33. The van der Waals surface area contributed by atoms with E-state index in [0.29, 0.717) is 11.7 Å². The highest BCUT2D eigenvalue weighted by Crippen LogP contribution is 2.34. The van der Waals surface area contributed by atoms with E-state index in [2.05, 4.69) is 0 Å². The molecule has 1 heterocycles. The number of hydrogen-bond donors (Lipinski definition) is 0. The highest BCUT2D eigenvalue weighted by molar-refractivity contribution is 7.63. The molecule has 0 aliphatic heterocycles. The molecule has 2 nitrogen and oxygen atoms in total. The van der Waals surface area contributed by atoms with Crippen molar-refractivity contribution in [3.63, 3.8) is 0 Å². The fraction of sp³-hybridized carbons (Fsp3) is 0.267. The third kappa shape index (κ3) is 3.17. The van der Waals surface area contributed by atoms with Crippen molar-refractivity contribution in [1.82, 2.24) is 0 Å². The summed E-state index contributed by atoms with van der Waals surface area (Å²) in [5, 5.41) is 3.88. The van der Waals surface area contributed by atoms with E-state index >= 15 is 0 Å². The molecule has 1 unspecified atom stereocenters. The second kappa shape index (κ2) is 5.77. The maximum absolute atomic E-state index is 12.3. The van der Waals surface area contributed by atoms with Crippen LogP contribution < -0.4 is 0 Å². The standard InChI is InChI=1S/C15H16O2PS/c1-10-6-11(2)14(12(3)7-10)15(16)18(17)8-13-4-5-19-9-13/h4-7,9H,8H2,1-3H3/q+1. The van der Waals surface area contributed by atoms with E-state index in [-0.39, 0.29) is 5.52 Å². The number of benzene rings is 1. The molecule has 0 spiro atoms. The molecule has 0 aliphatic carbocycles. The highest BCUT2D eigenvalue weighted by Gasteiger charge is 2.32. The number of carbonyl (C=O) groups is 1. The molecule has 1 aromatic heterocycles. The van der Waals surface area contributed by atoms with Crippen LogP contribution in [0.3, 0.4) is 0 Å². The van der Waals surface area contributed by atoms with Crippen LogP contribution >= 0.6 is 19.1 Å². The van der Waals surface area contributed by atoms with Gasteiger partial charge in [-0.25, -0.2) is 4.79 Å². The number of rotatable bonds is 4. The first kappa shape index (κ1) is 14.1. The second-order valence-corrected chi connectivity index (χ2v) is 7.01. The lowest BCUT2D eigenvalue weighted by atomic mass is 10.0. The van der Waals surface area contributed by atoms with E-state index in [4.69, 9.17) is 0 Å². The molecule has 2 aromatic rings. The first-order valence-corrected chi connectivity index (χ1v) is 8.45. The van der Waals surface area contributed by atoms with Gasteiger partial charge in [-0.3, -0.25) is 0 Å². The van der Waals surface area contributed by atoms with E-state index < -0.39 is 7.80 Å². The van der Waals surface area contributed by atoms with Crippen molar-refractivity contribution in [2.75, 3.05) is 0 Å². The largest absolute Gasteiger partial charge is 0.424 e. The van der Waals surface area contributed by atoms with Crippen molar-refractivity contribution in [2.45, 2.75) is 26.9 Å². The third-order valence-electron chi connectivity index (χ3n) is 3.02. The van der Waals surface area contributed by atoms with Crippen LogP contribution in [0.25, 0.3) is 0 Å². The van der Waals surface area contributed by atoms with Gasteiger partial charge in [0.25, 0.3) is 0 Å². The quantitative estimate of drug-likeness (QED) is 0.755. The summed E-state index contributed by atoms with van der Waals surface area (Å²) >= 11 is 1.56. The van der Waals surface area contributed by atoms with Gasteiger partial charge >= 0.3 is 13.3 Å². The molecule has 2 rings (SSSR count). The minimum absolute atomic E-state index is 0.226. The van der Waals surface area contributed by atoms with Gasteiger partial charge in [-0.1, -0.05) is 22.3 Å². The van der Waals surface area contributed by atoms with E-state index in [9.17, 15) is 9.36 Å². The molecule has 1 atom stereocenters. The van der Waals surface area contributed by atoms with E-state index in [1.165, 1.54) is 0 Å². The number of carbonyl (C=O) groups excluding carboxylic acids is 1. The summed E-state index contributed by atoms with van der Waals surface area (Å²) in [5.74, 6) is 0. The van der Waals surface area contributed by atoms with Crippen LogP contribution in [0.4, 0.5) is 0 Å². The lowest BCUT2D eigenvalue weighted by molar-refractivity contribution is 0.107. The van der Waals surface area contributed by atoms with Gasteiger partial charge < -0.3 is 0 Å². The Balaban J connectivity index is 2.27. The summed E-state index contributed by atoms with van der Waals surface area (Å²) in [6.07, 6.45) is 0.338. The Morgan fingerprint density at radius 2 is 1.84 bits per heavy atom. The van der Waals surface area contributed by atoms with Crippen LogP contribution in [-0.4, -0.2) is 5.52 Å². The van der Waals surface area contributed by atoms with Crippen LogP contribution in [0, 0.1) is 20.8 Å². The van der Waals surface area contributed by atoms with Crippen molar-refractivity contribution < 1.29 is 9.36 Å². The van der Waals surface area contributed by atoms with Gasteiger partial charge in [-0.2, -0.15) is 11.3 Å². The summed E-state index contributed by atoms with van der Waals surface area (Å²) in [6, 6.07) is 5.85. The predicted octanol–water partition coefficient (Wildman–Crippen LogP) is 4.84. The molecule has 1 aromatic carbocycles. The Morgan fingerprint density at radius 1 is 1.21 bits per heavy atom. The van der Waals surface area contributed by atoms with Gasteiger partial charge in [0.2, 0.25) is 0 Å². The summed E-state index contributed by atoms with van der Waals surface area (Å²) in [7, 11) is -1.89. The molecule has 0 saturated heterocycles. The molecule has 0 fully saturated rings. The second-order valence-electron chi connectivity index (χ2n) is 4.75. The van der Waals surface area contributed by atoms with Gasteiger partial charge in [0.05, 0.1) is 5.56 Å². The highest BCUT2D eigenvalue weighted by atomic mass is 32.1. The third-order valence-corrected chi connectivity index (χ3v) is 5.08. The van der Waals surface area contributed by atoms with Crippen LogP contribution in [0.5, 0.6) is 0 Å². The normalized spacial score (nSPS) is 11.4. The molecular weight excluding hydrogens is 275 g/mol.